The van der Waals surface area contributed by atoms with Crippen molar-refractivity contribution in [2.75, 3.05) is 31.3 Å². The molecule has 4 nitrogen and oxygen atoms in total. The van der Waals surface area contributed by atoms with Crippen LogP contribution in [0.1, 0.15) is 18.6 Å². The molecule has 2 rings (SSSR count). The van der Waals surface area contributed by atoms with Crippen LogP contribution in [0, 0.1) is 0 Å². The summed E-state index contributed by atoms with van der Waals surface area (Å²) in [5, 5.41) is 19.5. The average Bonchev–Trinajstić information content (AvgIpc) is 2.38. The normalized spacial score (nSPS) is 22.0. The van der Waals surface area contributed by atoms with Gasteiger partial charge < -0.3 is 19.8 Å². The number of hydrogen-bond donors (Lipinski definition) is 2. The highest BCUT2D eigenvalue weighted by atomic mass is 35.5. The van der Waals surface area contributed by atoms with Gasteiger partial charge in [-0.3, -0.25) is 0 Å². The number of morpholine rings is 1. The number of hydrogen-bond acceptors (Lipinski definition) is 4. The Balaban J connectivity index is 2.26. The van der Waals surface area contributed by atoms with Gasteiger partial charge in [0.15, 0.2) is 0 Å². The molecule has 0 radical (unpaired) electrons. The number of benzene rings is 1. The van der Waals surface area contributed by atoms with E-state index < -0.39 is 6.10 Å². The Morgan fingerprint density at radius 3 is 2.94 bits per heavy atom. The minimum Gasteiger partial charge on any atom is -0.394 e. The van der Waals surface area contributed by atoms with E-state index in [4.69, 9.17) is 16.3 Å². The molecular weight excluding hydrogens is 254 g/mol. The van der Waals surface area contributed by atoms with E-state index in [0.717, 1.165) is 11.3 Å². The minimum absolute atomic E-state index is 0.0362. The number of aliphatic hydroxyl groups is 2. The lowest BCUT2D eigenvalue weighted by Crippen LogP contribution is -2.47. The Morgan fingerprint density at radius 1 is 1.56 bits per heavy atom. The molecule has 1 unspecified atom stereocenters. The molecule has 0 aromatic heterocycles. The Labute approximate surface area is 112 Å². The smallest absolute Gasteiger partial charge is 0.0762 e. The average molecular weight is 272 g/mol. The van der Waals surface area contributed by atoms with Gasteiger partial charge in [0, 0.05) is 6.54 Å². The predicted octanol–water partition coefficient (Wildman–Crippen LogP) is 1.59. The number of aliphatic hydroxyl groups excluding tert-OH is 2. The van der Waals surface area contributed by atoms with Gasteiger partial charge in [-0.05, 0) is 24.6 Å². The summed E-state index contributed by atoms with van der Waals surface area (Å²) in [4.78, 5) is 2.05. The van der Waals surface area contributed by atoms with Crippen LogP contribution in [0.2, 0.25) is 5.02 Å². The maximum Gasteiger partial charge on any atom is 0.0762 e. The van der Waals surface area contributed by atoms with E-state index in [0.29, 0.717) is 24.8 Å². The van der Waals surface area contributed by atoms with Crippen LogP contribution in [0.25, 0.3) is 0 Å². The van der Waals surface area contributed by atoms with Crippen molar-refractivity contribution in [2.45, 2.75) is 19.1 Å². The lowest BCUT2D eigenvalue weighted by atomic mass is 10.1. The Bertz CT molecular complexity index is 411. The fraction of sp³-hybridized carbons (Fsp3) is 0.538. The van der Waals surface area contributed by atoms with Crippen LogP contribution in [0.4, 0.5) is 5.69 Å². The molecule has 2 N–H and O–H groups in total. The summed E-state index contributed by atoms with van der Waals surface area (Å²) in [5.74, 6) is 0. The highest BCUT2D eigenvalue weighted by Crippen LogP contribution is 2.31. The van der Waals surface area contributed by atoms with Crippen LogP contribution in [-0.2, 0) is 4.74 Å². The second-order valence-electron chi connectivity index (χ2n) is 4.49. The summed E-state index contributed by atoms with van der Waals surface area (Å²) in [5.41, 5.74) is 1.67. The lowest BCUT2D eigenvalue weighted by molar-refractivity contribution is 0.0727. The molecule has 1 fully saturated rings. The van der Waals surface area contributed by atoms with E-state index >= 15 is 0 Å². The fourth-order valence-corrected chi connectivity index (χ4v) is 2.44. The topological polar surface area (TPSA) is 52.9 Å². The van der Waals surface area contributed by atoms with Crippen LogP contribution >= 0.6 is 11.6 Å². The van der Waals surface area contributed by atoms with E-state index in [1.807, 2.05) is 12.1 Å². The van der Waals surface area contributed by atoms with Gasteiger partial charge in [0.2, 0.25) is 0 Å². The van der Waals surface area contributed by atoms with Crippen LogP contribution in [0.15, 0.2) is 18.2 Å². The first-order valence-electron chi connectivity index (χ1n) is 6.06. The quantitative estimate of drug-likeness (QED) is 0.877. The van der Waals surface area contributed by atoms with Crippen LogP contribution in [0.5, 0.6) is 0 Å². The van der Waals surface area contributed by atoms with Gasteiger partial charge in [0.25, 0.3) is 0 Å². The number of anilines is 1. The summed E-state index contributed by atoms with van der Waals surface area (Å²) in [6, 6.07) is 5.45. The highest BCUT2D eigenvalue weighted by molar-refractivity contribution is 6.33. The first-order chi connectivity index (χ1) is 8.63. The van der Waals surface area contributed by atoms with E-state index in [-0.39, 0.29) is 12.6 Å². The van der Waals surface area contributed by atoms with Crippen LogP contribution < -0.4 is 4.90 Å². The summed E-state index contributed by atoms with van der Waals surface area (Å²) >= 11 is 6.25. The maximum atomic E-state index is 9.52. The molecule has 0 saturated carbocycles. The Morgan fingerprint density at radius 2 is 2.33 bits per heavy atom. The van der Waals surface area contributed by atoms with Gasteiger partial charge in [-0.2, -0.15) is 0 Å². The first-order valence-corrected chi connectivity index (χ1v) is 6.44. The molecule has 0 bridgehead atoms. The van der Waals surface area contributed by atoms with Crippen molar-refractivity contribution in [3.8, 4) is 0 Å². The van der Waals surface area contributed by atoms with Crippen molar-refractivity contribution >= 4 is 17.3 Å². The molecule has 1 aromatic carbocycles. The van der Waals surface area contributed by atoms with Gasteiger partial charge in [0.05, 0.1) is 42.7 Å². The summed E-state index contributed by atoms with van der Waals surface area (Å²) < 4.78 is 5.34. The number of nitrogens with zero attached hydrogens (tertiary/aromatic N) is 1. The molecule has 1 aliphatic rings. The van der Waals surface area contributed by atoms with Gasteiger partial charge >= 0.3 is 0 Å². The second-order valence-corrected chi connectivity index (χ2v) is 4.90. The predicted molar refractivity (Wildman–Crippen MR) is 71.1 cm³/mol. The first kappa shape index (κ1) is 13.6. The third kappa shape index (κ3) is 2.78. The zero-order valence-corrected chi connectivity index (χ0v) is 11.1. The molecular formula is C13H18ClNO3. The highest BCUT2D eigenvalue weighted by Gasteiger charge is 2.24. The largest absolute Gasteiger partial charge is 0.394 e. The molecule has 5 heteroatoms. The standard InChI is InChI=1S/C13H18ClNO3/c1-9(17)10-2-3-13(12(14)6-10)15-4-5-18-8-11(15)7-16/h2-3,6,9,11,16-17H,4-5,7-8H2,1H3/t9-,11?/m1/s1. The molecule has 100 valence electrons. The summed E-state index contributed by atoms with van der Waals surface area (Å²) in [6.07, 6.45) is -0.533. The molecule has 1 aliphatic heterocycles. The number of ether oxygens (including phenoxy) is 1. The van der Waals surface area contributed by atoms with E-state index in [2.05, 4.69) is 4.90 Å². The molecule has 2 atom stereocenters. The zero-order valence-electron chi connectivity index (χ0n) is 10.3. The van der Waals surface area contributed by atoms with Crippen molar-refractivity contribution in [3.05, 3.63) is 28.8 Å². The molecule has 1 heterocycles. The lowest BCUT2D eigenvalue weighted by Gasteiger charge is -2.37. The van der Waals surface area contributed by atoms with Gasteiger partial charge in [-0.1, -0.05) is 17.7 Å². The van der Waals surface area contributed by atoms with E-state index in [9.17, 15) is 10.2 Å². The molecule has 1 aromatic rings. The van der Waals surface area contributed by atoms with Crippen molar-refractivity contribution < 1.29 is 14.9 Å². The third-order valence-electron chi connectivity index (χ3n) is 3.20. The fourth-order valence-electron chi connectivity index (χ4n) is 2.14. The van der Waals surface area contributed by atoms with E-state index in [1.165, 1.54) is 0 Å². The van der Waals surface area contributed by atoms with Crippen LogP contribution in [0.3, 0.4) is 0 Å². The van der Waals surface area contributed by atoms with Crippen molar-refractivity contribution in [1.82, 2.24) is 0 Å². The SMILES string of the molecule is C[C@@H](O)c1ccc(N2CCOCC2CO)c(Cl)c1. The molecule has 0 aliphatic carbocycles. The Kier molecular flexibility index (Phi) is 4.45. The van der Waals surface area contributed by atoms with Crippen molar-refractivity contribution in [2.24, 2.45) is 0 Å². The summed E-state index contributed by atoms with van der Waals surface area (Å²) in [7, 11) is 0. The van der Waals surface area contributed by atoms with Gasteiger partial charge in [0.1, 0.15) is 0 Å². The number of halogens is 1. The Hall–Kier alpha value is -0.810. The summed E-state index contributed by atoms with van der Waals surface area (Å²) in [6.45, 7) is 3.58. The molecule has 18 heavy (non-hydrogen) atoms. The van der Waals surface area contributed by atoms with Gasteiger partial charge in [-0.15, -0.1) is 0 Å². The molecule has 0 spiro atoms. The third-order valence-corrected chi connectivity index (χ3v) is 3.50. The minimum atomic E-state index is -0.533. The molecule has 1 saturated heterocycles. The van der Waals surface area contributed by atoms with Crippen molar-refractivity contribution in [1.29, 1.82) is 0 Å². The zero-order chi connectivity index (χ0) is 13.1. The molecule has 0 amide bonds. The van der Waals surface area contributed by atoms with Crippen LogP contribution in [-0.4, -0.2) is 42.6 Å². The van der Waals surface area contributed by atoms with Gasteiger partial charge in [-0.25, -0.2) is 0 Å². The second kappa shape index (κ2) is 5.89. The number of rotatable bonds is 3. The van der Waals surface area contributed by atoms with E-state index in [1.54, 1.807) is 13.0 Å². The van der Waals surface area contributed by atoms with Crippen molar-refractivity contribution in [3.63, 3.8) is 0 Å². The monoisotopic (exact) mass is 271 g/mol. The maximum absolute atomic E-state index is 9.52.